The third-order valence-corrected chi connectivity index (χ3v) is 4.01. The summed E-state index contributed by atoms with van der Waals surface area (Å²) in [6.07, 6.45) is 5.44. The Hall–Kier alpha value is -1.06. The largest absolute Gasteiger partial charge is 0.327 e. The van der Waals surface area contributed by atoms with E-state index in [1.54, 1.807) is 11.9 Å². The first-order chi connectivity index (χ1) is 7.46. The summed E-state index contributed by atoms with van der Waals surface area (Å²) in [5.41, 5.74) is -0.672. The van der Waals surface area contributed by atoms with E-state index < -0.39 is 5.54 Å². The molecule has 0 radical (unpaired) electrons. The summed E-state index contributed by atoms with van der Waals surface area (Å²) in [5, 5.41) is 0. The molecule has 3 amide bonds. The Morgan fingerprint density at radius 3 is 2.12 bits per heavy atom. The Balaban J connectivity index is 2.22. The molecule has 4 nitrogen and oxygen atoms in total. The number of urea groups is 1. The van der Waals surface area contributed by atoms with Gasteiger partial charge in [-0.25, -0.2) is 4.79 Å². The van der Waals surface area contributed by atoms with Crippen molar-refractivity contribution in [2.75, 3.05) is 7.05 Å². The molecule has 0 N–H and O–H groups in total. The predicted octanol–water partition coefficient (Wildman–Crippen LogP) is 1.99. The van der Waals surface area contributed by atoms with Gasteiger partial charge in [-0.05, 0) is 26.7 Å². The molecule has 1 aliphatic carbocycles. The SMILES string of the molecule is CN1C(=O)N(C2CCCCC2)C(=O)C1(C)C. The summed E-state index contributed by atoms with van der Waals surface area (Å²) in [6.45, 7) is 3.63. The zero-order valence-electron chi connectivity index (χ0n) is 10.3. The van der Waals surface area contributed by atoms with Crippen molar-refractivity contribution < 1.29 is 9.59 Å². The summed E-state index contributed by atoms with van der Waals surface area (Å²) in [6, 6.07) is 0.0138. The number of likely N-dealkylation sites (N-methyl/N-ethyl adjacent to an activating group) is 1. The van der Waals surface area contributed by atoms with E-state index in [0.717, 1.165) is 25.7 Å². The van der Waals surface area contributed by atoms with Crippen molar-refractivity contribution in [3.63, 3.8) is 0 Å². The molecule has 2 fully saturated rings. The molecule has 16 heavy (non-hydrogen) atoms. The first-order valence-electron chi connectivity index (χ1n) is 6.07. The lowest BCUT2D eigenvalue weighted by atomic mass is 9.93. The summed E-state index contributed by atoms with van der Waals surface area (Å²) in [7, 11) is 1.71. The van der Waals surface area contributed by atoms with Gasteiger partial charge in [-0.15, -0.1) is 0 Å². The van der Waals surface area contributed by atoms with Crippen LogP contribution >= 0.6 is 0 Å². The number of hydrogen-bond donors (Lipinski definition) is 0. The summed E-state index contributed by atoms with van der Waals surface area (Å²) < 4.78 is 0. The van der Waals surface area contributed by atoms with E-state index in [9.17, 15) is 9.59 Å². The van der Waals surface area contributed by atoms with E-state index in [1.807, 2.05) is 13.8 Å². The van der Waals surface area contributed by atoms with Crippen LogP contribution in [0, 0.1) is 0 Å². The zero-order valence-corrected chi connectivity index (χ0v) is 10.3. The fourth-order valence-corrected chi connectivity index (χ4v) is 2.59. The molecular formula is C12H20N2O2. The van der Waals surface area contributed by atoms with E-state index in [2.05, 4.69) is 0 Å². The van der Waals surface area contributed by atoms with Crippen LogP contribution in [0.4, 0.5) is 4.79 Å². The highest BCUT2D eigenvalue weighted by Crippen LogP contribution is 2.32. The zero-order chi connectivity index (χ0) is 11.9. The van der Waals surface area contributed by atoms with E-state index >= 15 is 0 Å². The molecule has 1 saturated carbocycles. The first-order valence-corrected chi connectivity index (χ1v) is 6.07. The molecule has 0 bridgehead atoms. The molecule has 1 heterocycles. The van der Waals surface area contributed by atoms with Crippen molar-refractivity contribution >= 4 is 11.9 Å². The van der Waals surface area contributed by atoms with Gasteiger partial charge in [0.25, 0.3) is 5.91 Å². The molecule has 90 valence electrons. The van der Waals surface area contributed by atoms with Gasteiger partial charge in [0, 0.05) is 13.1 Å². The Morgan fingerprint density at radius 2 is 1.69 bits per heavy atom. The van der Waals surface area contributed by atoms with Crippen LogP contribution in [-0.2, 0) is 4.79 Å². The van der Waals surface area contributed by atoms with Gasteiger partial charge in [0.2, 0.25) is 0 Å². The highest BCUT2D eigenvalue weighted by molar-refractivity contribution is 6.06. The molecule has 0 aromatic rings. The van der Waals surface area contributed by atoms with E-state index in [-0.39, 0.29) is 18.0 Å². The van der Waals surface area contributed by atoms with Crippen LogP contribution in [-0.4, -0.2) is 40.4 Å². The minimum Gasteiger partial charge on any atom is -0.313 e. The van der Waals surface area contributed by atoms with Crippen molar-refractivity contribution in [3.05, 3.63) is 0 Å². The first kappa shape index (κ1) is 11.4. The lowest BCUT2D eigenvalue weighted by molar-refractivity contribution is -0.133. The van der Waals surface area contributed by atoms with Crippen LogP contribution in [0.3, 0.4) is 0 Å². The molecule has 4 heteroatoms. The Labute approximate surface area is 96.6 Å². The summed E-state index contributed by atoms with van der Waals surface area (Å²) >= 11 is 0. The van der Waals surface area contributed by atoms with Crippen molar-refractivity contribution in [1.82, 2.24) is 9.80 Å². The number of rotatable bonds is 1. The molecule has 0 spiro atoms. The van der Waals surface area contributed by atoms with Gasteiger partial charge in [-0.1, -0.05) is 19.3 Å². The average molecular weight is 224 g/mol. The van der Waals surface area contributed by atoms with Crippen molar-refractivity contribution in [2.45, 2.75) is 57.5 Å². The summed E-state index contributed by atoms with van der Waals surface area (Å²) in [4.78, 5) is 27.3. The maximum Gasteiger partial charge on any atom is 0.327 e. The molecule has 0 aromatic carbocycles. The number of carbonyl (C=O) groups is 2. The van der Waals surface area contributed by atoms with Gasteiger partial charge < -0.3 is 4.90 Å². The molecule has 1 saturated heterocycles. The van der Waals surface area contributed by atoms with Gasteiger partial charge in [0.1, 0.15) is 5.54 Å². The second kappa shape index (κ2) is 3.75. The number of carbonyl (C=O) groups excluding carboxylic acids is 2. The van der Waals surface area contributed by atoms with Gasteiger partial charge >= 0.3 is 6.03 Å². The maximum absolute atomic E-state index is 12.2. The van der Waals surface area contributed by atoms with Gasteiger partial charge in [0.15, 0.2) is 0 Å². The second-order valence-corrected chi connectivity index (χ2v) is 5.37. The van der Waals surface area contributed by atoms with Crippen LogP contribution in [0.25, 0.3) is 0 Å². The standard InChI is InChI=1S/C12H20N2O2/c1-12(2)10(15)14(11(16)13(12)3)9-7-5-4-6-8-9/h9H,4-8H2,1-3H3. The van der Waals surface area contributed by atoms with E-state index in [1.165, 1.54) is 11.3 Å². The Kier molecular flexibility index (Phi) is 2.68. The minimum atomic E-state index is -0.672. The molecular weight excluding hydrogens is 204 g/mol. The molecule has 2 rings (SSSR count). The molecule has 2 aliphatic rings. The van der Waals surface area contributed by atoms with Crippen LogP contribution in [0.2, 0.25) is 0 Å². The lowest BCUT2D eigenvalue weighted by Gasteiger charge is -2.29. The normalized spacial score (nSPS) is 26.7. The second-order valence-electron chi connectivity index (χ2n) is 5.37. The van der Waals surface area contributed by atoms with E-state index in [0.29, 0.717) is 0 Å². The van der Waals surface area contributed by atoms with Crippen molar-refractivity contribution in [1.29, 1.82) is 0 Å². The number of amides is 3. The third kappa shape index (κ3) is 1.51. The van der Waals surface area contributed by atoms with Gasteiger partial charge in [-0.2, -0.15) is 0 Å². The third-order valence-electron chi connectivity index (χ3n) is 4.01. The highest BCUT2D eigenvalue weighted by atomic mass is 16.2. The van der Waals surface area contributed by atoms with Crippen molar-refractivity contribution in [2.24, 2.45) is 0 Å². The van der Waals surface area contributed by atoms with Crippen LogP contribution in [0.1, 0.15) is 46.0 Å². The molecule has 0 aromatic heterocycles. The Morgan fingerprint density at radius 1 is 1.12 bits per heavy atom. The number of imide groups is 1. The fraction of sp³-hybridized carbons (Fsp3) is 0.833. The monoisotopic (exact) mass is 224 g/mol. The number of hydrogen-bond acceptors (Lipinski definition) is 2. The Bertz CT molecular complexity index is 319. The van der Waals surface area contributed by atoms with E-state index in [4.69, 9.17) is 0 Å². The van der Waals surface area contributed by atoms with Crippen LogP contribution < -0.4 is 0 Å². The molecule has 0 atom stereocenters. The maximum atomic E-state index is 12.2. The molecule has 1 aliphatic heterocycles. The van der Waals surface area contributed by atoms with Gasteiger partial charge in [0.05, 0.1) is 0 Å². The predicted molar refractivity (Wildman–Crippen MR) is 61.0 cm³/mol. The smallest absolute Gasteiger partial charge is 0.313 e. The lowest BCUT2D eigenvalue weighted by Crippen LogP contribution is -2.44. The fourth-order valence-electron chi connectivity index (χ4n) is 2.59. The van der Waals surface area contributed by atoms with Crippen LogP contribution in [0.15, 0.2) is 0 Å². The topological polar surface area (TPSA) is 40.6 Å². The quantitative estimate of drug-likeness (QED) is 0.639. The highest BCUT2D eigenvalue weighted by Gasteiger charge is 2.51. The minimum absolute atomic E-state index is 0.0353. The average Bonchev–Trinajstić information content (AvgIpc) is 2.42. The van der Waals surface area contributed by atoms with Crippen molar-refractivity contribution in [3.8, 4) is 0 Å². The number of nitrogens with zero attached hydrogens (tertiary/aromatic N) is 2. The summed E-state index contributed by atoms with van der Waals surface area (Å²) in [5.74, 6) is -0.0353. The van der Waals surface area contributed by atoms with Crippen LogP contribution in [0.5, 0.6) is 0 Å². The molecule has 0 unspecified atom stereocenters. The van der Waals surface area contributed by atoms with Gasteiger partial charge in [-0.3, -0.25) is 9.69 Å².